The van der Waals surface area contributed by atoms with Crippen LogP contribution in [-0.4, -0.2) is 25.8 Å². The zero-order valence-corrected chi connectivity index (χ0v) is 15.0. The van der Waals surface area contributed by atoms with E-state index in [0.717, 1.165) is 16.3 Å². The molecule has 0 spiro atoms. The highest BCUT2D eigenvalue weighted by atomic mass is 16.5. The van der Waals surface area contributed by atoms with Crippen LogP contribution in [0.5, 0.6) is 11.5 Å². The van der Waals surface area contributed by atoms with Crippen LogP contribution in [0.1, 0.15) is 15.9 Å². The maximum Gasteiger partial charge on any atom is 0.271 e. The highest BCUT2D eigenvalue weighted by molar-refractivity contribution is 6.03. The lowest BCUT2D eigenvalue weighted by Crippen LogP contribution is -2.17. The molecule has 0 aromatic heterocycles. The summed E-state index contributed by atoms with van der Waals surface area (Å²) in [5.74, 6) is 1.06. The van der Waals surface area contributed by atoms with Crippen molar-refractivity contribution in [2.75, 3.05) is 13.7 Å². The number of ether oxygens (including phenoxy) is 2. The lowest BCUT2D eigenvalue weighted by Gasteiger charge is -2.08. The molecule has 1 amide bonds. The summed E-state index contributed by atoms with van der Waals surface area (Å²) in [6, 6.07) is 18.6. The number of hydrazone groups is 1. The number of rotatable bonds is 7. The Hall–Kier alpha value is -3.60. The Labute approximate surface area is 157 Å². The quantitative estimate of drug-likeness (QED) is 0.391. The molecule has 3 aromatic carbocycles. The fraction of sp³-hybridized carbons (Fsp3) is 0.0909. The van der Waals surface area contributed by atoms with E-state index >= 15 is 0 Å². The molecule has 0 aliphatic rings. The molecule has 0 aliphatic heterocycles. The zero-order valence-electron chi connectivity index (χ0n) is 15.0. The molecule has 3 rings (SSSR count). The Bertz CT molecular complexity index is 979. The van der Waals surface area contributed by atoms with Crippen LogP contribution >= 0.6 is 0 Å². The summed E-state index contributed by atoms with van der Waals surface area (Å²) in [7, 11) is 1.61. The first-order valence-electron chi connectivity index (χ1n) is 8.46. The molecule has 0 saturated carbocycles. The van der Waals surface area contributed by atoms with Crippen molar-refractivity contribution in [3.63, 3.8) is 0 Å². The molecule has 136 valence electrons. The van der Waals surface area contributed by atoms with Crippen LogP contribution in [-0.2, 0) is 0 Å². The summed E-state index contributed by atoms with van der Waals surface area (Å²) in [4.78, 5) is 12.3. The van der Waals surface area contributed by atoms with E-state index in [9.17, 15) is 4.79 Å². The molecule has 0 saturated heterocycles. The van der Waals surface area contributed by atoms with E-state index in [2.05, 4.69) is 17.1 Å². The van der Waals surface area contributed by atoms with E-state index in [4.69, 9.17) is 9.47 Å². The third-order valence-corrected chi connectivity index (χ3v) is 3.99. The minimum atomic E-state index is -0.305. The number of amides is 1. The number of nitrogens with zero attached hydrogens (tertiary/aromatic N) is 1. The standard InChI is InChI=1S/C22H20N2O3/c1-3-14-27-18-11-8-17(9-12-18)22(25)24-23-15-20-19-7-5-4-6-16(19)10-13-21(20)26-2/h3-13,15H,1,14H2,2H3,(H,24,25)/b23-15+. The molecule has 0 aliphatic carbocycles. The summed E-state index contributed by atoms with van der Waals surface area (Å²) in [5.41, 5.74) is 3.84. The van der Waals surface area contributed by atoms with Gasteiger partial charge in [-0.05, 0) is 41.1 Å². The van der Waals surface area contributed by atoms with Crippen LogP contribution in [0.25, 0.3) is 10.8 Å². The Kier molecular flexibility index (Phi) is 5.84. The maximum atomic E-state index is 12.3. The van der Waals surface area contributed by atoms with Crippen LogP contribution in [0.15, 0.2) is 78.4 Å². The second kappa shape index (κ2) is 8.67. The van der Waals surface area contributed by atoms with Gasteiger partial charge in [-0.1, -0.05) is 43.0 Å². The van der Waals surface area contributed by atoms with Gasteiger partial charge in [0.15, 0.2) is 0 Å². The van der Waals surface area contributed by atoms with Crippen LogP contribution in [0.2, 0.25) is 0 Å². The molecule has 0 atom stereocenters. The predicted octanol–water partition coefficient (Wildman–Crippen LogP) is 4.18. The molecular weight excluding hydrogens is 340 g/mol. The van der Waals surface area contributed by atoms with Gasteiger partial charge in [-0.15, -0.1) is 0 Å². The summed E-state index contributed by atoms with van der Waals surface area (Å²) in [5, 5.41) is 6.17. The van der Waals surface area contributed by atoms with Crippen molar-refractivity contribution in [3.8, 4) is 11.5 Å². The monoisotopic (exact) mass is 360 g/mol. The average molecular weight is 360 g/mol. The smallest absolute Gasteiger partial charge is 0.271 e. The topological polar surface area (TPSA) is 59.9 Å². The van der Waals surface area contributed by atoms with Crippen LogP contribution < -0.4 is 14.9 Å². The number of hydrogen-bond acceptors (Lipinski definition) is 4. The summed E-state index contributed by atoms with van der Waals surface area (Å²) < 4.78 is 10.8. The zero-order chi connectivity index (χ0) is 19.1. The van der Waals surface area contributed by atoms with Gasteiger partial charge in [-0.3, -0.25) is 4.79 Å². The van der Waals surface area contributed by atoms with Crippen LogP contribution in [0.3, 0.4) is 0 Å². The maximum absolute atomic E-state index is 12.3. The van der Waals surface area contributed by atoms with Gasteiger partial charge in [0.05, 0.1) is 13.3 Å². The van der Waals surface area contributed by atoms with E-state index < -0.39 is 0 Å². The number of benzene rings is 3. The number of fused-ring (bicyclic) bond motifs is 1. The average Bonchev–Trinajstić information content (AvgIpc) is 2.72. The van der Waals surface area contributed by atoms with E-state index in [0.29, 0.717) is 23.7 Å². The number of hydrogen-bond donors (Lipinski definition) is 1. The second-order valence-electron chi connectivity index (χ2n) is 5.73. The first kappa shape index (κ1) is 18.2. The highest BCUT2D eigenvalue weighted by Crippen LogP contribution is 2.26. The molecule has 1 N–H and O–H groups in total. The van der Waals surface area contributed by atoms with Crippen LogP contribution in [0, 0.1) is 0 Å². The number of carbonyl (C=O) groups is 1. The second-order valence-corrected chi connectivity index (χ2v) is 5.73. The number of methoxy groups -OCH3 is 1. The van der Waals surface area contributed by atoms with Gasteiger partial charge in [-0.25, -0.2) is 5.43 Å². The lowest BCUT2D eigenvalue weighted by atomic mass is 10.0. The molecule has 0 fully saturated rings. The normalized spacial score (nSPS) is 10.7. The van der Waals surface area contributed by atoms with Gasteiger partial charge >= 0.3 is 0 Å². The molecule has 0 heterocycles. The third kappa shape index (κ3) is 4.33. The van der Waals surface area contributed by atoms with Gasteiger partial charge in [-0.2, -0.15) is 5.10 Å². The molecule has 0 radical (unpaired) electrons. The van der Waals surface area contributed by atoms with E-state index in [1.165, 1.54) is 0 Å². The molecule has 27 heavy (non-hydrogen) atoms. The third-order valence-electron chi connectivity index (χ3n) is 3.99. The molecular formula is C22H20N2O3. The van der Waals surface area contributed by atoms with Gasteiger partial charge in [0, 0.05) is 11.1 Å². The first-order chi connectivity index (χ1) is 13.2. The van der Waals surface area contributed by atoms with Crippen molar-refractivity contribution < 1.29 is 14.3 Å². The lowest BCUT2D eigenvalue weighted by molar-refractivity contribution is 0.0955. The molecule has 0 bridgehead atoms. The molecule has 0 unspecified atom stereocenters. The Morgan fingerprint density at radius 2 is 1.89 bits per heavy atom. The minimum absolute atomic E-state index is 0.305. The van der Waals surface area contributed by atoms with E-state index in [1.54, 1.807) is 43.7 Å². The van der Waals surface area contributed by atoms with Crippen molar-refractivity contribution in [1.82, 2.24) is 5.43 Å². The first-order valence-corrected chi connectivity index (χ1v) is 8.46. The highest BCUT2D eigenvalue weighted by Gasteiger charge is 2.07. The Morgan fingerprint density at radius 1 is 1.11 bits per heavy atom. The SMILES string of the molecule is C=CCOc1ccc(C(=O)N/N=C/c2c(OC)ccc3ccccc23)cc1. The van der Waals surface area contributed by atoms with Crippen LogP contribution in [0.4, 0.5) is 0 Å². The molecule has 5 heteroatoms. The van der Waals surface area contributed by atoms with Crippen molar-refractivity contribution in [1.29, 1.82) is 0 Å². The summed E-state index contributed by atoms with van der Waals surface area (Å²) >= 11 is 0. The van der Waals surface area contributed by atoms with Gasteiger partial charge < -0.3 is 9.47 Å². The van der Waals surface area contributed by atoms with E-state index in [1.807, 2.05) is 36.4 Å². The Morgan fingerprint density at radius 3 is 2.63 bits per heavy atom. The molecule has 5 nitrogen and oxygen atoms in total. The molecule has 3 aromatic rings. The van der Waals surface area contributed by atoms with Gasteiger partial charge in [0.1, 0.15) is 18.1 Å². The largest absolute Gasteiger partial charge is 0.496 e. The number of nitrogens with one attached hydrogen (secondary N) is 1. The van der Waals surface area contributed by atoms with Gasteiger partial charge in [0.2, 0.25) is 0 Å². The predicted molar refractivity (Wildman–Crippen MR) is 108 cm³/mol. The van der Waals surface area contributed by atoms with Crippen molar-refractivity contribution in [2.24, 2.45) is 5.10 Å². The fourth-order valence-corrected chi connectivity index (χ4v) is 2.66. The van der Waals surface area contributed by atoms with Crippen molar-refractivity contribution >= 4 is 22.9 Å². The Balaban J connectivity index is 1.74. The number of carbonyl (C=O) groups excluding carboxylic acids is 1. The summed E-state index contributed by atoms with van der Waals surface area (Å²) in [6.45, 7) is 4.02. The fourth-order valence-electron chi connectivity index (χ4n) is 2.66. The minimum Gasteiger partial charge on any atom is -0.496 e. The summed E-state index contributed by atoms with van der Waals surface area (Å²) in [6.07, 6.45) is 3.26. The van der Waals surface area contributed by atoms with Gasteiger partial charge in [0.25, 0.3) is 5.91 Å². The van der Waals surface area contributed by atoms with E-state index in [-0.39, 0.29) is 5.91 Å². The van der Waals surface area contributed by atoms with Crippen molar-refractivity contribution in [2.45, 2.75) is 0 Å². The van der Waals surface area contributed by atoms with Crippen molar-refractivity contribution in [3.05, 3.63) is 84.4 Å².